The van der Waals surface area contributed by atoms with Crippen LogP contribution in [-0.4, -0.2) is 106 Å². The Morgan fingerprint density at radius 3 is 2.54 bits per heavy atom. The lowest BCUT2D eigenvalue weighted by Gasteiger charge is -2.42. The van der Waals surface area contributed by atoms with Crippen molar-refractivity contribution in [3.05, 3.63) is 29.3 Å². The molecule has 2 unspecified atom stereocenters. The van der Waals surface area contributed by atoms with Crippen molar-refractivity contribution < 1.29 is 33.3 Å². The number of methoxy groups -OCH3 is 1. The molecule has 3 rings (SSSR count). The lowest BCUT2D eigenvalue weighted by molar-refractivity contribution is -0.135. The molecule has 39 heavy (non-hydrogen) atoms. The number of hydrogen-bond donors (Lipinski definition) is 2. The number of urea groups is 1. The van der Waals surface area contributed by atoms with Gasteiger partial charge in [0, 0.05) is 6.54 Å². The van der Waals surface area contributed by atoms with Gasteiger partial charge in [-0.05, 0) is 36.6 Å². The number of carbonyl (C=O) groups is 2. The number of halogens is 1. The van der Waals surface area contributed by atoms with E-state index in [2.05, 4.69) is 16.6 Å². The smallest absolute Gasteiger partial charge is 0.315 e. The van der Waals surface area contributed by atoms with Crippen LogP contribution < -0.4 is 15.4 Å². The van der Waals surface area contributed by atoms with Crippen LogP contribution in [0.25, 0.3) is 0 Å². The highest BCUT2D eigenvalue weighted by molar-refractivity contribution is 8.00. The molecule has 0 aliphatic carbocycles. The molecule has 1 aromatic rings. The summed E-state index contributed by atoms with van der Waals surface area (Å²) < 4.78 is 27.5. The number of alkyl halides is 1. The summed E-state index contributed by atoms with van der Waals surface area (Å²) in [6.45, 7) is 5.67. The molecule has 10 nitrogen and oxygen atoms in total. The fourth-order valence-electron chi connectivity index (χ4n) is 4.53. The van der Waals surface area contributed by atoms with E-state index in [1.54, 1.807) is 7.11 Å². The fourth-order valence-corrected chi connectivity index (χ4v) is 5.85. The normalized spacial score (nSPS) is 22.4. The second kappa shape index (κ2) is 16.8. The minimum absolute atomic E-state index is 0.0289. The van der Waals surface area contributed by atoms with Gasteiger partial charge in [-0.1, -0.05) is 12.0 Å². The second-order valence-electron chi connectivity index (χ2n) is 9.06. The standard InChI is InChI=1S/C27H38ClN3O7S/c1-4-7-35-8-9-36-10-11-37-12-13-38-17-21-14-20-15-22(34-3)5-6-23(20)19(2)31(21)25(32)18-39-26-24(28)16-29-27(33)30-26/h1,5-6,15,19,21,24,26H,7-14,16-18H2,2-3H3,(H2,29,30,33)/t19-,21-,24?,26?/m0/s1. The number of fused-ring (bicyclic) bond motifs is 1. The molecule has 0 bridgehead atoms. The molecule has 0 radical (unpaired) electrons. The first-order valence-electron chi connectivity index (χ1n) is 13.0. The number of thioether (sulfide) groups is 1. The molecule has 0 spiro atoms. The van der Waals surface area contributed by atoms with Crippen LogP contribution >= 0.6 is 23.4 Å². The molecule has 2 aliphatic rings. The Morgan fingerprint density at radius 1 is 1.15 bits per heavy atom. The topological polar surface area (TPSA) is 108 Å². The summed E-state index contributed by atoms with van der Waals surface area (Å²) in [5.41, 5.74) is 2.22. The lowest BCUT2D eigenvalue weighted by atomic mass is 9.88. The first kappa shape index (κ1) is 31.3. The molecule has 216 valence electrons. The monoisotopic (exact) mass is 583 g/mol. The average molecular weight is 584 g/mol. The average Bonchev–Trinajstić information content (AvgIpc) is 2.93. The predicted molar refractivity (Wildman–Crippen MR) is 150 cm³/mol. The van der Waals surface area contributed by atoms with E-state index in [9.17, 15) is 9.59 Å². The molecule has 12 heteroatoms. The van der Waals surface area contributed by atoms with Crippen LogP contribution in [0.5, 0.6) is 5.75 Å². The summed E-state index contributed by atoms with van der Waals surface area (Å²) in [7, 11) is 1.64. The summed E-state index contributed by atoms with van der Waals surface area (Å²) in [4.78, 5) is 27.1. The van der Waals surface area contributed by atoms with Gasteiger partial charge in [-0.25, -0.2) is 4.79 Å². The third kappa shape index (κ3) is 9.74. The molecule has 1 saturated heterocycles. The van der Waals surface area contributed by atoms with Crippen LogP contribution in [0.1, 0.15) is 24.1 Å². The third-order valence-corrected chi connectivity index (χ3v) is 8.19. The van der Waals surface area contributed by atoms with Crippen LogP contribution in [-0.2, 0) is 30.2 Å². The summed E-state index contributed by atoms with van der Waals surface area (Å²) in [5, 5.41) is 4.80. The zero-order valence-electron chi connectivity index (χ0n) is 22.5. The minimum Gasteiger partial charge on any atom is -0.497 e. The second-order valence-corrected chi connectivity index (χ2v) is 10.7. The van der Waals surface area contributed by atoms with E-state index < -0.39 is 0 Å². The molecular formula is C27H38ClN3O7S. The fraction of sp³-hybridized carbons (Fsp3) is 0.630. The van der Waals surface area contributed by atoms with Gasteiger partial charge >= 0.3 is 6.03 Å². The van der Waals surface area contributed by atoms with Crippen molar-refractivity contribution in [2.24, 2.45) is 0 Å². The first-order chi connectivity index (χ1) is 18.9. The summed E-state index contributed by atoms with van der Waals surface area (Å²) in [6.07, 6.45) is 5.76. The van der Waals surface area contributed by atoms with E-state index in [-0.39, 0.29) is 47.1 Å². The Morgan fingerprint density at radius 2 is 1.85 bits per heavy atom. The highest BCUT2D eigenvalue weighted by Gasteiger charge is 2.36. The van der Waals surface area contributed by atoms with E-state index in [0.29, 0.717) is 59.2 Å². The van der Waals surface area contributed by atoms with Gasteiger partial charge < -0.3 is 39.2 Å². The van der Waals surface area contributed by atoms with Gasteiger partial charge in [0.25, 0.3) is 0 Å². The van der Waals surface area contributed by atoms with Gasteiger partial charge in [-0.3, -0.25) is 4.79 Å². The molecule has 0 aromatic heterocycles. The number of terminal acetylenes is 1. The van der Waals surface area contributed by atoms with E-state index >= 15 is 0 Å². The van der Waals surface area contributed by atoms with Crippen molar-refractivity contribution in [1.82, 2.24) is 15.5 Å². The van der Waals surface area contributed by atoms with Crippen molar-refractivity contribution >= 4 is 35.3 Å². The molecular weight excluding hydrogens is 546 g/mol. The highest BCUT2D eigenvalue weighted by atomic mass is 35.5. The van der Waals surface area contributed by atoms with Crippen molar-refractivity contribution in [2.75, 3.05) is 72.3 Å². The Bertz CT molecular complexity index is 979. The maximum absolute atomic E-state index is 13.5. The lowest BCUT2D eigenvalue weighted by Crippen LogP contribution is -2.55. The number of carbonyl (C=O) groups excluding carboxylic acids is 2. The van der Waals surface area contributed by atoms with Crippen LogP contribution in [0.15, 0.2) is 18.2 Å². The van der Waals surface area contributed by atoms with Crippen LogP contribution in [0.2, 0.25) is 0 Å². The van der Waals surface area contributed by atoms with E-state index in [0.717, 1.165) is 16.9 Å². The van der Waals surface area contributed by atoms with Crippen LogP contribution in [0, 0.1) is 12.3 Å². The van der Waals surface area contributed by atoms with Gasteiger partial charge in [0.1, 0.15) is 12.4 Å². The number of amides is 3. The molecule has 4 atom stereocenters. The number of nitrogens with one attached hydrogen (secondary N) is 2. The summed E-state index contributed by atoms with van der Waals surface area (Å²) in [5.74, 6) is 3.35. The Balaban J connectivity index is 1.50. The van der Waals surface area contributed by atoms with E-state index in [1.165, 1.54) is 11.8 Å². The van der Waals surface area contributed by atoms with Gasteiger partial charge in [-0.15, -0.1) is 29.8 Å². The minimum atomic E-state index is -0.340. The van der Waals surface area contributed by atoms with Gasteiger partial charge in [0.05, 0.1) is 81.9 Å². The van der Waals surface area contributed by atoms with E-state index in [4.69, 9.17) is 41.7 Å². The maximum Gasteiger partial charge on any atom is 0.315 e. The number of rotatable bonds is 16. The predicted octanol–water partition coefficient (Wildman–Crippen LogP) is 2.19. The third-order valence-electron chi connectivity index (χ3n) is 6.41. The van der Waals surface area contributed by atoms with Crippen molar-refractivity contribution in [2.45, 2.75) is 36.2 Å². The Hall–Kier alpha value is -2.20. The van der Waals surface area contributed by atoms with Crippen LogP contribution in [0.4, 0.5) is 4.79 Å². The van der Waals surface area contributed by atoms with Gasteiger partial charge in [0.2, 0.25) is 5.91 Å². The highest BCUT2D eigenvalue weighted by Crippen LogP contribution is 2.36. The van der Waals surface area contributed by atoms with Crippen LogP contribution in [0.3, 0.4) is 0 Å². The SMILES string of the molecule is C#CCOCCOCCOCCOC[C@@H]1Cc2cc(OC)ccc2[C@H](C)N1C(=O)CSC1NC(=O)NCC1Cl. The molecule has 3 amide bonds. The first-order valence-corrected chi connectivity index (χ1v) is 14.5. The number of benzene rings is 1. The maximum atomic E-state index is 13.5. The number of nitrogens with zero attached hydrogens (tertiary/aromatic N) is 1. The summed E-state index contributed by atoms with van der Waals surface area (Å²) >= 11 is 7.69. The van der Waals surface area contributed by atoms with Crippen molar-refractivity contribution in [3.8, 4) is 18.1 Å². The van der Waals surface area contributed by atoms with Gasteiger partial charge in [0.15, 0.2) is 0 Å². The summed E-state index contributed by atoms with van der Waals surface area (Å²) in [6, 6.07) is 5.38. The Labute approximate surface area is 239 Å². The quantitative estimate of drug-likeness (QED) is 0.173. The number of hydrogen-bond acceptors (Lipinski definition) is 8. The zero-order chi connectivity index (χ0) is 28.0. The van der Waals surface area contributed by atoms with Gasteiger partial charge in [-0.2, -0.15) is 0 Å². The largest absolute Gasteiger partial charge is 0.497 e. The van der Waals surface area contributed by atoms with Crippen molar-refractivity contribution in [3.63, 3.8) is 0 Å². The molecule has 2 N–H and O–H groups in total. The molecule has 2 aliphatic heterocycles. The van der Waals surface area contributed by atoms with E-state index in [1.807, 2.05) is 30.0 Å². The molecule has 2 heterocycles. The van der Waals surface area contributed by atoms with Crippen molar-refractivity contribution in [1.29, 1.82) is 0 Å². The Kier molecular flexibility index (Phi) is 13.5. The zero-order valence-corrected chi connectivity index (χ0v) is 24.1. The number of ether oxygens (including phenoxy) is 5. The molecule has 0 saturated carbocycles. The molecule has 1 aromatic carbocycles. The molecule has 1 fully saturated rings.